The van der Waals surface area contributed by atoms with E-state index in [2.05, 4.69) is 5.32 Å². The molecule has 0 aromatic heterocycles. The average Bonchev–Trinajstić information content (AvgIpc) is 2.61. The number of allylic oxidation sites excluding steroid dienone is 1. The summed E-state index contributed by atoms with van der Waals surface area (Å²) in [4.78, 5) is 24.3. The zero-order valence-corrected chi connectivity index (χ0v) is 14.7. The molecule has 0 saturated carbocycles. The van der Waals surface area contributed by atoms with Gasteiger partial charge >= 0.3 is 5.97 Å². The van der Waals surface area contributed by atoms with Gasteiger partial charge in [-0.1, -0.05) is 6.92 Å². The molecule has 0 aliphatic heterocycles. The fraction of sp³-hybridized carbons (Fsp3) is 0.158. The van der Waals surface area contributed by atoms with Gasteiger partial charge in [0, 0.05) is 17.7 Å². The van der Waals surface area contributed by atoms with Gasteiger partial charge in [0.05, 0.1) is 22.5 Å². The molecule has 2 aromatic carbocycles. The molecule has 4 nitrogen and oxygen atoms in total. The van der Waals surface area contributed by atoms with E-state index in [-0.39, 0.29) is 12.5 Å². The first-order chi connectivity index (χ1) is 13.1. The topological polar surface area (TPSA) is 66.4 Å². The van der Waals surface area contributed by atoms with E-state index < -0.39 is 68.9 Å². The highest BCUT2D eigenvalue weighted by molar-refractivity contribution is 6.15. The number of rotatable bonds is 6. The predicted octanol–water partition coefficient (Wildman–Crippen LogP) is 4.73. The van der Waals surface area contributed by atoms with Crippen LogP contribution in [0, 0.1) is 36.0 Å². The number of carboxylic acid groups (broad SMARTS) is 1. The summed E-state index contributed by atoms with van der Waals surface area (Å²) in [5.74, 6) is -9.38. The summed E-state index contributed by atoms with van der Waals surface area (Å²) in [5.41, 5.74) is -3.36. The third-order valence-corrected chi connectivity index (χ3v) is 3.96. The second kappa shape index (κ2) is 8.20. The Balaban J connectivity index is 2.69. The lowest BCUT2D eigenvalue weighted by Gasteiger charge is -2.16. The number of carbonyl (C=O) groups is 2. The van der Waals surface area contributed by atoms with Gasteiger partial charge in [-0.15, -0.1) is 0 Å². The second-order valence-corrected chi connectivity index (χ2v) is 5.74. The molecule has 0 aliphatic rings. The smallest absolute Gasteiger partial charge is 0.333 e. The molecule has 0 bridgehead atoms. The normalized spacial score (nSPS) is 11.8. The van der Waals surface area contributed by atoms with E-state index in [0.29, 0.717) is 6.07 Å². The molecule has 2 aromatic rings. The second-order valence-electron chi connectivity index (χ2n) is 5.74. The van der Waals surface area contributed by atoms with Crippen molar-refractivity contribution in [2.75, 3.05) is 5.32 Å². The van der Waals surface area contributed by atoms with Crippen LogP contribution in [0.1, 0.15) is 29.3 Å². The summed E-state index contributed by atoms with van der Waals surface area (Å²) in [6.45, 7) is 2.31. The first-order valence-corrected chi connectivity index (χ1v) is 7.95. The van der Waals surface area contributed by atoms with Gasteiger partial charge in [0.15, 0.2) is 11.6 Å². The molecule has 0 heterocycles. The van der Waals surface area contributed by atoms with E-state index >= 15 is 0 Å². The van der Waals surface area contributed by atoms with Crippen molar-refractivity contribution in [3.05, 3.63) is 75.7 Å². The molecule has 2 N–H and O–H groups in total. The van der Waals surface area contributed by atoms with E-state index in [0.717, 1.165) is 19.1 Å². The molecule has 9 heteroatoms. The molecule has 0 atom stereocenters. The van der Waals surface area contributed by atoms with Crippen molar-refractivity contribution in [2.24, 2.45) is 0 Å². The molecular formula is C19H14F5NO3. The molecule has 0 spiro atoms. The van der Waals surface area contributed by atoms with E-state index in [4.69, 9.17) is 0 Å². The zero-order valence-electron chi connectivity index (χ0n) is 14.7. The van der Waals surface area contributed by atoms with Crippen molar-refractivity contribution in [1.82, 2.24) is 0 Å². The Morgan fingerprint density at radius 1 is 1.00 bits per heavy atom. The number of benzene rings is 2. The van der Waals surface area contributed by atoms with Gasteiger partial charge in [0.2, 0.25) is 5.78 Å². The largest absolute Gasteiger partial charge is 0.478 e. The van der Waals surface area contributed by atoms with Gasteiger partial charge < -0.3 is 10.4 Å². The Morgan fingerprint density at radius 2 is 1.64 bits per heavy atom. The van der Waals surface area contributed by atoms with Crippen LogP contribution in [0.4, 0.5) is 27.6 Å². The molecule has 28 heavy (non-hydrogen) atoms. The minimum absolute atomic E-state index is 0.151. The number of Topliss-reactive ketones (excluding diaryl/α,β-unsaturated/α-hetero) is 1. The Hall–Kier alpha value is -3.23. The van der Waals surface area contributed by atoms with Gasteiger partial charge in [0.1, 0.15) is 17.5 Å². The Morgan fingerprint density at radius 3 is 2.18 bits per heavy atom. The fourth-order valence-corrected chi connectivity index (χ4v) is 2.55. The van der Waals surface area contributed by atoms with Crippen molar-refractivity contribution < 1.29 is 36.6 Å². The van der Waals surface area contributed by atoms with Crippen molar-refractivity contribution in [1.29, 1.82) is 0 Å². The minimum Gasteiger partial charge on any atom is -0.478 e. The Kier molecular flexibility index (Phi) is 6.17. The molecule has 0 fully saturated rings. The standard InChI is InChI=1S/C19H14F5NO3/c1-3-10(19(27)28)17(25-14-5-4-9(20)6-11(14)21)18(26)15-8(2)16(24)13(23)7-12(15)22/h4-7,25H,3H2,1-2H3,(H,27,28)/b17-10+. The van der Waals surface area contributed by atoms with Gasteiger partial charge in [0.25, 0.3) is 0 Å². The number of anilines is 1. The van der Waals surface area contributed by atoms with E-state index in [9.17, 15) is 36.6 Å². The van der Waals surface area contributed by atoms with E-state index in [1.165, 1.54) is 6.92 Å². The number of aliphatic carboxylic acids is 1. The van der Waals surface area contributed by atoms with Crippen molar-refractivity contribution in [2.45, 2.75) is 20.3 Å². The van der Waals surface area contributed by atoms with Crippen LogP contribution in [-0.4, -0.2) is 16.9 Å². The minimum atomic E-state index is -1.57. The van der Waals surface area contributed by atoms with Crippen LogP contribution in [-0.2, 0) is 4.79 Å². The lowest BCUT2D eigenvalue weighted by molar-refractivity contribution is -0.132. The van der Waals surface area contributed by atoms with Gasteiger partial charge in [-0.3, -0.25) is 4.79 Å². The van der Waals surface area contributed by atoms with Crippen molar-refractivity contribution in [3.63, 3.8) is 0 Å². The molecule has 0 radical (unpaired) electrons. The van der Waals surface area contributed by atoms with E-state index in [1.54, 1.807) is 0 Å². The maximum absolute atomic E-state index is 14.2. The number of nitrogens with one attached hydrogen (secondary N) is 1. The highest BCUT2D eigenvalue weighted by Crippen LogP contribution is 2.26. The molecule has 0 unspecified atom stereocenters. The summed E-state index contributed by atoms with van der Waals surface area (Å²) in [7, 11) is 0. The van der Waals surface area contributed by atoms with Crippen molar-refractivity contribution >= 4 is 17.4 Å². The third kappa shape index (κ3) is 4.03. The summed E-state index contributed by atoms with van der Waals surface area (Å²) in [5, 5.41) is 11.6. The van der Waals surface area contributed by atoms with Gasteiger partial charge in [-0.2, -0.15) is 0 Å². The monoisotopic (exact) mass is 399 g/mol. The number of ketones is 1. The van der Waals surface area contributed by atoms with Crippen LogP contribution >= 0.6 is 0 Å². The lowest BCUT2D eigenvalue weighted by atomic mass is 9.97. The van der Waals surface area contributed by atoms with Crippen LogP contribution in [0.5, 0.6) is 0 Å². The maximum Gasteiger partial charge on any atom is 0.333 e. The molecule has 2 rings (SSSR count). The Labute approximate surface area is 156 Å². The number of carboxylic acids is 1. The van der Waals surface area contributed by atoms with Crippen LogP contribution in [0.3, 0.4) is 0 Å². The van der Waals surface area contributed by atoms with Crippen molar-refractivity contribution in [3.8, 4) is 0 Å². The SMILES string of the molecule is CC/C(C(=O)O)=C(\Nc1ccc(F)cc1F)C(=O)c1c(F)cc(F)c(F)c1C. The van der Waals surface area contributed by atoms with Crippen LogP contribution in [0.25, 0.3) is 0 Å². The summed E-state index contributed by atoms with van der Waals surface area (Å²) in [6.07, 6.45) is -0.240. The lowest BCUT2D eigenvalue weighted by Crippen LogP contribution is -2.21. The Bertz CT molecular complexity index is 1000. The number of hydrogen-bond acceptors (Lipinski definition) is 3. The fourth-order valence-electron chi connectivity index (χ4n) is 2.55. The average molecular weight is 399 g/mol. The van der Waals surface area contributed by atoms with Gasteiger partial charge in [-0.25, -0.2) is 26.7 Å². The predicted molar refractivity (Wildman–Crippen MR) is 90.3 cm³/mol. The van der Waals surface area contributed by atoms with E-state index in [1.807, 2.05) is 0 Å². The van der Waals surface area contributed by atoms with Gasteiger partial charge in [-0.05, 0) is 25.5 Å². The number of halogens is 5. The molecule has 0 saturated heterocycles. The molecular weight excluding hydrogens is 385 g/mol. The van der Waals surface area contributed by atoms with Crippen LogP contribution in [0.2, 0.25) is 0 Å². The third-order valence-electron chi connectivity index (χ3n) is 3.96. The number of carbonyl (C=O) groups excluding carboxylic acids is 1. The molecule has 148 valence electrons. The number of hydrogen-bond donors (Lipinski definition) is 2. The maximum atomic E-state index is 14.2. The highest BCUT2D eigenvalue weighted by atomic mass is 19.2. The first kappa shape index (κ1) is 21.1. The first-order valence-electron chi connectivity index (χ1n) is 7.95. The molecule has 0 aliphatic carbocycles. The highest BCUT2D eigenvalue weighted by Gasteiger charge is 2.28. The van der Waals surface area contributed by atoms with Crippen LogP contribution < -0.4 is 5.32 Å². The zero-order chi connectivity index (χ0) is 21.2. The summed E-state index contributed by atoms with van der Waals surface area (Å²) in [6, 6.07) is 2.39. The quantitative estimate of drug-likeness (QED) is 0.319. The summed E-state index contributed by atoms with van der Waals surface area (Å²) < 4.78 is 68.4. The molecule has 0 amide bonds. The summed E-state index contributed by atoms with van der Waals surface area (Å²) >= 11 is 0. The van der Waals surface area contributed by atoms with Crippen LogP contribution in [0.15, 0.2) is 35.5 Å².